The van der Waals surface area contributed by atoms with E-state index < -0.39 is 23.8 Å². The minimum Gasteiger partial charge on any atom is -0.457 e. The maximum atomic E-state index is 13.8. The lowest BCUT2D eigenvalue weighted by molar-refractivity contribution is -0.173. The van der Waals surface area contributed by atoms with E-state index in [9.17, 15) is 19.2 Å². The van der Waals surface area contributed by atoms with Crippen molar-refractivity contribution in [2.45, 2.75) is 70.3 Å². The van der Waals surface area contributed by atoms with Crippen molar-refractivity contribution in [3.63, 3.8) is 0 Å². The average molecular weight is 615 g/mol. The largest absolute Gasteiger partial charge is 0.457 e. The number of carbonyl (C=O) groups is 3. The maximum Gasteiger partial charge on any atom is 0.411 e. The molecule has 11 heteroatoms. The number of ether oxygens (including phenoxy) is 3. The van der Waals surface area contributed by atoms with Gasteiger partial charge < -0.3 is 28.6 Å². The molecule has 0 radical (unpaired) electrons. The van der Waals surface area contributed by atoms with Crippen molar-refractivity contribution in [3.05, 3.63) is 75.6 Å². The van der Waals surface area contributed by atoms with Crippen LogP contribution in [0.2, 0.25) is 0 Å². The monoisotopic (exact) mass is 614 g/mol. The van der Waals surface area contributed by atoms with Crippen LogP contribution in [0.25, 0.3) is 22.3 Å². The fourth-order valence-electron chi connectivity index (χ4n) is 6.24. The van der Waals surface area contributed by atoms with Crippen LogP contribution in [0.3, 0.4) is 0 Å². The zero-order valence-electron chi connectivity index (χ0n) is 25.9. The van der Waals surface area contributed by atoms with Gasteiger partial charge in [0, 0.05) is 43.7 Å². The summed E-state index contributed by atoms with van der Waals surface area (Å²) in [7, 11) is 3.14. The number of hydrogen-bond donors (Lipinski definition) is 0. The third kappa shape index (κ3) is 5.67. The van der Waals surface area contributed by atoms with Gasteiger partial charge >= 0.3 is 18.2 Å². The lowest BCUT2D eigenvalue weighted by atomic mass is 9.85. The molecule has 0 spiro atoms. The van der Waals surface area contributed by atoms with Gasteiger partial charge in [-0.15, -0.1) is 0 Å². The number of nitrogens with zero attached hydrogens (tertiary/aromatic N) is 4. The summed E-state index contributed by atoms with van der Waals surface area (Å²) >= 11 is 0. The number of aromatic nitrogens is 2. The molecule has 2 aromatic heterocycles. The Hall–Kier alpha value is -4.67. The second kappa shape index (κ2) is 12.4. The summed E-state index contributed by atoms with van der Waals surface area (Å²) in [5, 5.41) is 0.968. The van der Waals surface area contributed by atoms with Gasteiger partial charge in [-0.05, 0) is 56.4 Å². The average Bonchev–Trinajstić information content (AvgIpc) is 3.38. The number of carbonyl (C=O) groups excluding carboxylic acids is 3. The van der Waals surface area contributed by atoms with Gasteiger partial charge in [0.2, 0.25) is 5.60 Å². The van der Waals surface area contributed by atoms with Crippen LogP contribution >= 0.6 is 0 Å². The molecule has 2 amide bonds. The van der Waals surface area contributed by atoms with Crippen LogP contribution in [0.1, 0.15) is 62.1 Å². The minimum atomic E-state index is -1.82. The van der Waals surface area contributed by atoms with Crippen LogP contribution in [0.5, 0.6) is 0 Å². The van der Waals surface area contributed by atoms with Gasteiger partial charge in [0.05, 0.1) is 29.0 Å². The predicted molar refractivity (Wildman–Crippen MR) is 167 cm³/mol. The predicted octanol–water partition coefficient (Wildman–Crippen LogP) is 5.11. The molecule has 3 aliphatic rings. The normalized spacial score (nSPS) is 21.0. The van der Waals surface area contributed by atoms with Gasteiger partial charge in [-0.25, -0.2) is 19.4 Å². The number of para-hydroxylation sites is 1. The molecule has 1 unspecified atom stereocenters. The summed E-state index contributed by atoms with van der Waals surface area (Å²) in [5.74, 6) is -0.735. The van der Waals surface area contributed by atoms with E-state index in [4.69, 9.17) is 19.2 Å². The van der Waals surface area contributed by atoms with Crippen molar-refractivity contribution in [2.75, 3.05) is 27.2 Å². The molecule has 4 heterocycles. The number of esters is 1. The molecule has 2 aliphatic heterocycles. The molecule has 0 saturated carbocycles. The molecule has 236 valence electrons. The van der Waals surface area contributed by atoms with Crippen molar-refractivity contribution < 1.29 is 28.6 Å². The van der Waals surface area contributed by atoms with Gasteiger partial charge in [0.25, 0.3) is 5.56 Å². The minimum absolute atomic E-state index is 0.0560. The van der Waals surface area contributed by atoms with Crippen molar-refractivity contribution in [1.82, 2.24) is 19.4 Å². The Morgan fingerprint density at radius 1 is 1.07 bits per heavy atom. The summed E-state index contributed by atoms with van der Waals surface area (Å²) < 4.78 is 18.7. The fourth-order valence-corrected chi connectivity index (χ4v) is 6.24. The highest BCUT2D eigenvalue weighted by Gasteiger charge is 2.51. The second-order valence-corrected chi connectivity index (χ2v) is 12.0. The summed E-state index contributed by atoms with van der Waals surface area (Å²) in [6.45, 7) is 2.16. The van der Waals surface area contributed by atoms with Crippen LogP contribution in [-0.4, -0.2) is 70.8 Å². The van der Waals surface area contributed by atoms with E-state index in [1.165, 1.54) is 16.8 Å². The van der Waals surface area contributed by atoms with Crippen molar-refractivity contribution in [3.8, 4) is 11.4 Å². The van der Waals surface area contributed by atoms with E-state index in [0.717, 1.165) is 48.6 Å². The molecular formula is C34H38N4O7. The lowest BCUT2D eigenvalue weighted by Crippen LogP contribution is -2.49. The Balaban J connectivity index is 1.20. The summed E-state index contributed by atoms with van der Waals surface area (Å²) in [4.78, 5) is 60.8. The lowest BCUT2D eigenvalue weighted by Gasteiger charge is -2.36. The number of hydrogen-bond acceptors (Lipinski definition) is 8. The highest BCUT2D eigenvalue weighted by Crippen LogP contribution is 2.41. The number of cyclic esters (lactones) is 1. The van der Waals surface area contributed by atoms with E-state index in [0.29, 0.717) is 23.5 Å². The Morgan fingerprint density at radius 2 is 1.84 bits per heavy atom. The summed E-state index contributed by atoms with van der Waals surface area (Å²) in [5.41, 5.74) is 1.38. The van der Waals surface area contributed by atoms with Gasteiger partial charge in [-0.1, -0.05) is 37.6 Å². The zero-order chi connectivity index (χ0) is 31.7. The van der Waals surface area contributed by atoms with Gasteiger partial charge in [0.15, 0.2) is 0 Å². The van der Waals surface area contributed by atoms with E-state index in [-0.39, 0.29) is 43.3 Å². The molecule has 6 rings (SSSR count). The Morgan fingerprint density at radius 3 is 2.64 bits per heavy atom. The third-order valence-corrected chi connectivity index (χ3v) is 9.00. The molecule has 0 fully saturated rings. The standard InChI is InChI=1S/C34H38N4O7/c1-4-34(45-33(42)37(3)17-16-36(2)32(41)44-24-13-8-6-5-7-9-14-24)26-19-28-29-23(18-22-12-10-11-15-27(22)35-29)20-38(28)30(39)25(26)21-43-31(34)40/h8,10-13,15,18-19,24H,4-7,9,14,16-17,20-21H2,1-3H3/b13-8+/t24?,34-/m0/s1. The smallest absolute Gasteiger partial charge is 0.411 e. The highest BCUT2D eigenvalue weighted by atomic mass is 16.6. The SMILES string of the molecule is CC[C@@]1(OC(=O)N(C)CCN(C)C(=O)OC2/C=C/CCCCC2)C(=O)OCc2c1cc1n(c2=O)Cc2cc3ccccc3nc2-1. The topological polar surface area (TPSA) is 120 Å². The molecule has 2 atom stereocenters. The van der Waals surface area contributed by atoms with Crippen molar-refractivity contribution in [2.24, 2.45) is 0 Å². The number of likely N-dealkylation sites (N-methyl/N-ethyl adjacent to an activating group) is 2. The number of amides is 2. The number of pyridine rings is 2. The van der Waals surface area contributed by atoms with Crippen molar-refractivity contribution >= 4 is 29.1 Å². The van der Waals surface area contributed by atoms with Crippen molar-refractivity contribution in [1.29, 1.82) is 0 Å². The number of fused-ring (bicyclic) bond motifs is 5. The Labute approximate surface area is 261 Å². The molecule has 0 N–H and O–H groups in total. The highest BCUT2D eigenvalue weighted by molar-refractivity contribution is 5.88. The van der Waals surface area contributed by atoms with Crippen LogP contribution in [0.15, 0.2) is 53.3 Å². The van der Waals surface area contributed by atoms with E-state index in [2.05, 4.69) is 6.08 Å². The quantitative estimate of drug-likeness (QED) is 0.167. The van der Waals surface area contributed by atoms with Crippen LogP contribution in [0, 0.1) is 0 Å². The summed E-state index contributed by atoms with van der Waals surface area (Å²) in [6, 6.07) is 11.5. The third-order valence-electron chi connectivity index (χ3n) is 9.00. The molecule has 0 bridgehead atoms. The number of rotatable bonds is 6. The van der Waals surface area contributed by atoms with Gasteiger partial charge in [-0.2, -0.15) is 0 Å². The summed E-state index contributed by atoms with van der Waals surface area (Å²) in [6.07, 6.45) is 7.54. The van der Waals surface area contributed by atoms with Gasteiger partial charge in [-0.3, -0.25) is 4.79 Å². The molecule has 1 aliphatic carbocycles. The second-order valence-electron chi connectivity index (χ2n) is 12.0. The number of benzene rings is 1. The van der Waals surface area contributed by atoms with Crippen LogP contribution in [-0.2, 0) is 37.8 Å². The van der Waals surface area contributed by atoms with E-state index in [1.54, 1.807) is 24.6 Å². The van der Waals surface area contributed by atoms with Crippen LogP contribution in [0.4, 0.5) is 9.59 Å². The maximum absolute atomic E-state index is 13.8. The molecule has 45 heavy (non-hydrogen) atoms. The Bertz CT molecular complexity index is 1750. The fraction of sp³-hybridized carbons (Fsp3) is 0.441. The van der Waals surface area contributed by atoms with E-state index >= 15 is 0 Å². The first kappa shape index (κ1) is 30.4. The number of allylic oxidation sites excluding steroid dienone is 1. The molecule has 0 saturated heterocycles. The first-order chi connectivity index (χ1) is 21.7. The molecular weight excluding hydrogens is 576 g/mol. The van der Waals surface area contributed by atoms with E-state index in [1.807, 2.05) is 36.4 Å². The Kier molecular flexibility index (Phi) is 8.35. The first-order valence-electron chi connectivity index (χ1n) is 15.6. The molecule has 3 aromatic rings. The van der Waals surface area contributed by atoms with Crippen LogP contribution < -0.4 is 5.56 Å². The molecule has 1 aromatic carbocycles. The zero-order valence-corrected chi connectivity index (χ0v) is 25.9. The molecule has 11 nitrogen and oxygen atoms in total. The first-order valence-corrected chi connectivity index (χ1v) is 15.6. The van der Waals surface area contributed by atoms with Gasteiger partial charge in [0.1, 0.15) is 12.7 Å².